The number of hydrazine groups is 1. The number of nitrogens with one attached hydrogen (secondary N) is 2. The predicted molar refractivity (Wildman–Crippen MR) is 65.0 cm³/mol. The van der Waals surface area contributed by atoms with Crippen molar-refractivity contribution in [2.24, 2.45) is 11.8 Å². The zero-order chi connectivity index (χ0) is 11.5. The molecule has 1 aliphatic carbocycles. The Morgan fingerprint density at radius 2 is 2.31 bits per heavy atom. The molecular weight excluding hydrogens is 202 g/mol. The van der Waals surface area contributed by atoms with E-state index in [1.807, 2.05) is 13.0 Å². The van der Waals surface area contributed by atoms with Crippen LogP contribution in [0.2, 0.25) is 0 Å². The minimum Gasteiger partial charge on any atom is -0.367 e. The Bertz CT molecular complexity index is 365. The lowest BCUT2D eigenvalue weighted by Crippen LogP contribution is -2.13. The lowest BCUT2D eigenvalue weighted by Gasteiger charge is -2.07. The largest absolute Gasteiger partial charge is 0.367 e. The van der Waals surface area contributed by atoms with Gasteiger partial charge in [-0.15, -0.1) is 0 Å². The molecule has 5 nitrogen and oxygen atoms in total. The predicted octanol–water partition coefficient (Wildman–Crippen LogP) is 1.67. The summed E-state index contributed by atoms with van der Waals surface area (Å²) in [6, 6.07) is 2.53. The average molecular weight is 221 g/mol. The molecule has 1 fully saturated rings. The summed E-state index contributed by atoms with van der Waals surface area (Å²) < 4.78 is 0. The van der Waals surface area contributed by atoms with Crippen LogP contribution in [0.3, 0.4) is 0 Å². The summed E-state index contributed by atoms with van der Waals surface area (Å²) in [6.45, 7) is 4.16. The van der Waals surface area contributed by atoms with E-state index >= 15 is 0 Å². The molecule has 16 heavy (non-hydrogen) atoms. The highest BCUT2D eigenvalue weighted by Gasteiger charge is 2.36. The van der Waals surface area contributed by atoms with Crippen LogP contribution in [0.5, 0.6) is 0 Å². The molecule has 0 aliphatic heterocycles. The van der Waals surface area contributed by atoms with Crippen LogP contribution >= 0.6 is 0 Å². The highest BCUT2D eigenvalue weighted by molar-refractivity contribution is 5.43. The number of rotatable bonds is 5. The number of nitrogens with two attached hydrogens (primary N) is 1. The van der Waals surface area contributed by atoms with Crippen molar-refractivity contribution in [3.8, 4) is 0 Å². The van der Waals surface area contributed by atoms with Gasteiger partial charge in [0.15, 0.2) is 0 Å². The molecule has 0 amide bonds. The van der Waals surface area contributed by atoms with Crippen molar-refractivity contribution in [2.45, 2.75) is 39.2 Å². The van der Waals surface area contributed by atoms with Gasteiger partial charge in [0.05, 0.1) is 0 Å². The second-order valence-electron chi connectivity index (χ2n) is 4.40. The summed E-state index contributed by atoms with van der Waals surface area (Å²) in [4.78, 5) is 8.42. The lowest BCUT2D eigenvalue weighted by atomic mass is 10.2. The van der Waals surface area contributed by atoms with Gasteiger partial charge in [-0.1, -0.05) is 13.3 Å². The maximum absolute atomic E-state index is 5.31. The summed E-state index contributed by atoms with van der Waals surface area (Å²) in [5, 5.41) is 3.42. The minimum absolute atomic E-state index is 0.468. The Balaban J connectivity index is 1.97. The first-order valence-corrected chi connectivity index (χ1v) is 5.81. The molecule has 5 heteroatoms. The topological polar surface area (TPSA) is 75.9 Å². The van der Waals surface area contributed by atoms with E-state index in [0.29, 0.717) is 12.0 Å². The highest BCUT2D eigenvalue weighted by atomic mass is 15.3. The van der Waals surface area contributed by atoms with E-state index in [9.17, 15) is 0 Å². The fourth-order valence-electron chi connectivity index (χ4n) is 2.01. The highest BCUT2D eigenvalue weighted by Crippen LogP contribution is 2.36. The molecule has 0 bridgehead atoms. The second kappa shape index (κ2) is 4.65. The van der Waals surface area contributed by atoms with Crippen molar-refractivity contribution in [2.75, 3.05) is 10.7 Å². The van der Waals surface area contributed by atoms with E-state index in [-0.39, 0.29) is 0 Å². The van der Waals surface area contributed by atoms with Crippen LogP contribution in [0.1, 0.15) is 31.9 Å². The Kier molecular flexibility index (Phi) is 3.24. The Morgan fingerprint density at radius 1 is 1.50 bits per heavy atom. The molecule has 2 atom stereocenters. The maximum Gasteiger partial charge on any atom is 0.239 e. The molecule has 1 saturated carbocycles. The van der Waals surface area contributed by atoms with Gasteiger partial charge in [-0.25, -0.2) is 10.8 Å². The number of aromatic nitrogens is 2. The normalized spacial score (nSPS) is 22.9. The number of hydrogen-bond acceptors (Lipinski definition) is 5. The monoisotopic (exact) mass is 221 g/mol. The molecule has 0 spiro atoms. The van der Waals surface area contributed by atoms with Gasteiger partial charge >= 0.3 is 0 Å². The van der Waals surface area contributed by atoms with Gasteiger partial charge in [-0.05, 0) is 25.7 Å². The van der Waals surface area contributed by atoms with Crippen LogP contribution < -0.4 is 16.6 Å². The first-order valence-electron chi connectivity index (χ1n) is 5.81. The van der Waals surface area contributed by atoms with Crippen LogP contribution in [-0.2, 0) is 0 Å². The number of nitrogens with zero attached hydrogens (tertiary/aromatic N) is 2. The first-order chi connectivity index (χ1) is 7.72. The summed E-state index contributed by atoms with van der Waals surface area (Å²) >= 11 is 0. The second-order valence-corrected chi connectivity index (χ2v) is 4.40. The van der Waals surface area contributed by atoms with Crippen LogP contribution in [0, 0.1) is 12.8 Å². The standard InChI is InChI=1S/C11H19N5/c1-3-4-8-6-9(8)14-10-5-7(2)13-11(15-10)16-12/h5,8-9H,3-4,6,12H2,1-2H3,(H2,13,14,15,16). The van der Waals surface area contributed by atoms with Crippen LogP contribution in [-0.4, -0.2) is 16.0 Å². The summed E-state index contributed by atoms with van der Waals surface area (Å²) in [7, 11) is 0. The number of nitrogen functional groups attached to an aromatic ring is 1. The molecule has 0 radical (unpaired) electrons. The third kappa shape index (κ3) is 2.61. The smallest absolute Gasteiger partial charge is 0.239 e. The fourth-order valence-corrected chi connectivity index (χ4v) is 2.01. The van der Waals surface area contributed by atoms with Crippen molar-refractivity contribution < 1.29 is 0 Å². The molecule has 0 aromatic carbocycles. The Morgan fingerprint density at radius 3 is 3.00 bits per heavy atom. The molecule has 1 heterocycles. The summed E-state index contributed by atoms with van der Waals surface area (Å²) in [5.74, 6) is 7.45. The van der Waals surface area contributed by atoms with Gasteiger partial charge in [0, 0.05) is 17.8 Å². The minimum atomic E-state index is 0.468. The zero-order valence-corrected chi connectivity index (χ0v) is 9.83. The van der Waals surface area contributed by atoms with Crippen molar-refractivity contribution in [3.05, 3.63) is 11.8 Å². The molecule has 2 rings (SSSR count). The van der Waals surface area contributed by atoms with Crippen LogP contribution in [0.4, 0.5) is 11.8 Å². The molecule has 0 saturated heterocycles. The van der Waals surface area contributed by atoms with Crippen LogP contribution in [0.15, 0.2) is 6.07 Å². The van der Waals surface area contributed by atoms with Gasteiger partial charge in [-0.3, -0.25) is 5.43 Å². The van der Waals surface area contributed by atoms with Crippen LogP contribution in [0.25, 0.3) is 0 Å². The molecule has 1 aromatic rings. The molecular formula is C11H19N5. The first kappa shape index (κ1) is 11.1. The fraction of sp³-hybridized carbons (Fsp3) is 0.636. The maximum atomic E-state index is 5.31. The van der Waals surface area contributed by atoms with E-state index in [0.717, 1.165) is 17.4 Å². The Hall–Kier alpha value is -1.36. The van der Waals surface area contributed by atoms with Gasteiger partial charge in [0.1, 0.15) is 5.82 Å². The average Bonchev–Trinajstić information content (AvgIpc) is 2.96. The van der Waals surface area contributed by atoms with E-state index < -0.39 is 0 Å². The van der Waals surface area contributed by atoms with Gasteiger partial charge in [0.2, 0.25) is 5.95 Å². The lowest BCUT2D eigenvalue weighted by molar-refractivity contribution is 0.692. The van der Waals surface area contributed by atoms with Gasteiger partial charge in [0.25, 0.3) is 0 Å². The molecule has 4 N–H and O–H groups in total. The quantitative estimate of drug-likeness (QED) is 0.521. The third-order valence-corrected chi connectivity index (χ3v) is 2.90. The number of aryl methyl sites for hydroxylation is 1. The molecule has 1 aromatic heterocycles. The summed E-state index contributed by atoms with van der Waals surface area (Å²) in [6.07, 6.45) is 3.80. The van der Waals surface area contributed by atoms with E-state index in [1.54, 1.807) is 0 Å². The summed E-state index contributed by atoms with van der Waals surface area (Å²) in [5.41, 5.74) is 3.39. The molecule has 1 aliphatic rings. The zero-order valence-electron chi connectivity index (χ0n) is 9.83. The van der Waals surface area contributed by atoms with E-state index in [2.05, 4.69) is 27.6 Å². The Labute approximate surface area is 95.8 Å². The van der Waals surface area contributed by atoms with Gasteiger partial charge in [-0.2, -0.15) is 4.98 Å². The SMILES string of the molecule is CCCC1CC1Nc1cc(C)nc(NN)n1. The van der Waals surface area contributed by atoms with E-state index in [1.165, 1.54) is 19.3 Å². The van der Waals surface area contributed by atoms with Gasteiger partial charge < -0.3 is 5.32 Å². The molecule has 88 valence electrons. The van der Waals surface area contributed by atoms with Crippen molar-refractivity contribution in [3.63, 3.8) is 0 Å². The van der Waals surface area contributed by atoms with Crippen molar-refractivity contribution >= 4 is 11.8 Å². The molecule has 2 unspecified atom stereocenters. The third-order valence-electron chi connectivity index (χ3n) is 2.90. The van der Waals surface area contributed by atoms with Crippen molar-refractivity contribution in [1.82, 2.24) is 9.97 Å². The number of anilines is 2. The van der Waals surface area contributed by atoms with Crippen molar-refractivity contribution in [1.29, 1.82) is 0 Å². The number of hydrogen-bond donors (Lipinski definition) is 3. The van der Waals surface area contributed by atoms with E-state index in [4.69, 9.17) is 5.84 Å².